The van der Waals surface area contributed by atoms with E-state index in [-0.39, 0.29) is 0 Å². The first-order valence-corrected chi connectivity index (χ1v) is 6.05. The molecule has 4 heteroatoms. The van der Waals surface area contributed by atoms with Gasteiger partial charge in [-0.2, -0.15) is 0 Å². The van der Waals surface area contributed by atoms with Gasteiger partial charge in [0.2, 0.25) is 0 Å². The summed E-state index contributed by atoms with van der Waals surface area (Å²) in [4.78, 5) is 4.32. The van der Waals surface area contributed by atoms with E-state index in [1.54, 1.807) is 11.3 Å². The van der Waals surface area contributed by atoms with Gasteiger partial charge in [0.1, 0.15) is 11.9 Å². The Morgan fingerprint density at radius 1 is 1.67 bits per heavy atom. The van der Waals surface area contributed by atoms with Gasteiger partial charge >= 0.3 is 0 Å². The van der Waals surface area contributed by atoms with Crippen LogP contribution in [0.25, 0.3) is 0 Å². The molecular formula is C11H15NO2S. The number of ether oxygens (including phenoxy) is 1. The first-order valence-electron chi connectivity index (χ1n) is 5.17. The molecule has 0 aliphatic carbocycles. The van der Waals surface area contributed by atoms with Crippen molar-refractivity contribution < 1.29 is 9.84 Å². The van der Waals surface area contributed by atoms with Gasteiger partial charge in [0, 0.05) is 17.5 Å². The monoisotopic (exact) mass is 225 g/mol. The summed E-state index contributed by atoms with van der Waals surface area (Å²) in [5, 5.41) is 12.9. The fourth-order valence-electron chi connectivity index (χ4n) is 1.57. The number of hydrogen-bond acceptors (Lipinski definition) is 4. The van der Waals surface area contributed by atoms with E-state index in [1.807, 2.05) is 18.4 Å². The van der Waals surface area contributed by atoms with Gasteiger partial charge in [0.05, 0.1) is 11.6 Å². The molecule has 1 N–H and O–H groups in total. The van der Waals surface area contributed by atoms with Gasteiger partial charge < -0.3 is 9.84 Å². The van der Waals surface area contributed by atoms with Crippen LogP contribution in [0, 0.1) is 6.92 Å². The van der Waals surface area contributed by atoms with Crippen molar-refractivity contribution in [3.8, 4) is 0 Å². The third-order valence-electron chi connectivity index (χ3n) is 2.33. The van der Waals surface area contributed by atoms with Crippen LogP contribution >= 0.6 is 11.3 Å². The zero-order chi connectivity index (χ0) is 10.7. The normalized spacial score (nSPS) is 18.1. The molecule has 0 saturated heterocycles. The van der Waals surface area contributed by atoms with Gasteiger partial charge in [-0.3, -0.25) is 0 Å². The Morgan fingerprint density at radius 3 is 3.13 bits per heavy atom. The number of hydrogen-bond donors (Lipinski definition) is 1. The van der Waals surface area contributed by atoms with Crippen molar-refractivity contribution in [3.63, 3.8) is 0 Å². The quantitative estimate of drug-likeness (QED) is 0.856. The third kappa shape index (κ3) is 2.79. The Bertz CT molecular complexity index is 359. The van der Waals surface area contributed by atoms with Crippen LogP contribution in [-0.4, -0.2) is 22.8 Å². The van der Waals surface area contributed by atoms with Gasteiger partial charge in [0.25, 0.3) is 0 Å². The van der Waals surface area contributed by atoms with E-state index in [0.717, 1.165) is 30.2 Å². The van der Waals surface area contributed by atoms with Gasteiger partial charge in [-0.25, -0.2) is 4.98 Å². The molecule has 82 valence electrons. The maximum absolute atomic E-state index is 9.91. The molecular weight excluding hydrogens is 210 g/mol. The molecule has 1 aromatic heterocycles. The van der Waals surface area contributed by atoms with Crippen molar-refractivity contribution in [2.45, 2.75) is 32.3 Å². The maximum Gasteiger partial charge on any atom is 0.121 e. The topological polar surface area (TPSA) is 42.4 Å². The second-order valence-corrected chi connectivity index (χ2v) is 4.64. The highest BCUT2D eigenvalue weighted by molar-refractivity contribution is 7.09. The lowest BCUT2D eigenvalue weighted by Crippen LogP contribution is -2.18. The van der Waals surface area contributed by atoms with Crippen LogP contribution in [0.15, 0.2) is 17.2 Å². The van der Waals surface area contributed by atoms with E-state index in [0.29, 0.717) is 12.2 Å². The molecule has 0 fully saturated rings. The predicted octanol–water partition coefficient (Wildman–Crippen LogP) is 2.05. The van der Waals surface area contributed by atoms with Crippen LogP contribution < -0.4 is 0 Å². The Hall–Kier alpha value is -0.870. The van der Waals surface area contributed by atoms with Crippen LogP contribution in [0.5, 0.6) is 0 Å². The minimum absolute atomic E-state index is 0.532. The molecule has 0 aromatic carbocycles. The molecule has 0 saturated carbocycles. The number of aryl methyl sites for hydroxylation is 1. The molecule has 1 aliphatic heterocycles. The summed E-state index contributed by atoms with van der Waals surface area (Å²) >= 11 is 1.59. The van der Waals surface area contributed by atoms with Gasteiger partial charge in [0.15, 0.2) is 0 Å². The molecule has 0 amide bonds. The summed E-state index contributed by atoms with van der Waals surface area (Å²) in [6.45, 7) is 2.68. The molecule has 2 rings (SSSR count). The molecule has 0 spiro atoms. The summed E-state index contributed by atoms with van der Waals surface area (Å²) in [6.07, 6.45) is 4.06. The van der Waals surface area contributed by atoms with Crippen molar-refractivity contribution in [3.05, 3.63) is 27.9 Å². The lowest BCUT2D eigenvalue weighted by Gasteiger charge is -2.18. The zero-order valence-electron chi connectivity index (χ0n) is 8.77. The van der Waals surface area contributed by atoms with E-state index in [4.69, 9.17) is 4.74 Å². The number of nitrogens with zero attached hydrogens (tertiary/aromatic N) is 1. The fourth-order valence-corrected chi connectivity index (χ4v) is 2.38. The number of aliphatic hydroxyl groups excluding tert-OH is 1. The van der Waals surface area contributed by atoms with E-state index < -0.39 is 6.10 Å². The zero-order valence-corrected chi connectivity index (χ0v) is 9.59. The number of rotatable bonds is 3. The van der Waals surface area contributed by atoms with Crippen molar-refractivity contribution in [1.82, 2.24) is 4.98 Å². The fraction of sp³-hybridized carbons (Fsp3) is 0.545. The van der Waals surface area contributed by atoms with E-state index in [9.17, 15) is 5.11 Å². The minimum atomic E-state index is -0.532. The molecule has 0 bridgehead atoms. The standard InChI is InChI=1S/C11H15NO2S/c1-8-7-15-11(12-8)6-9(13)10-4-2-3-5-14-10/h4,7,9,13H,2-3,5-6H2,1H3. The Labute approximate surface area is 93.4 Å². The molecule has 15 heavy (non-hydrogen) atoms. The summed E-state index contributed by atoms with van der Waals surface area (Å²) in [7, 11) is 0. The lowest BCUT2D eigenvalue weighted by molar-refractivity contribution is 0.0917. The number of allylic oxidation sites excluding steroid dienone is 1. The average Bonchev–Trinajstić information content (AvgIpc) is 2.65. The second-order valence-electron chi connectivity index (χ2n) is 3.70. The van der Waals surface area contributed by atoms with Crippen LogP contribution in [0.1, 0.15) is 23.5 Å². The van der Waals surface area contributed by atoms with Gasteiger partial charge in [-0.05, 0) is 25.8 Å². The molecule has 1 aliphatic rings. The first kappa shape index (κ1) is 10.6. The highest BCUT2D eigenvalue weighted by Crippen LogP contribution is 2.18. The highest BCUT2D eigenvalue weighted by Gasteiger charge is 2.16. The average molecular weight is 225 g/mol. The lowest BCUT2D eigenvalue weighted by atomic mass is 10.1. The smallest absolute Gasteiger partial charge is 0.121 e. The van der Waals surface area contributed by atoms with E-state index in [2.05, 4.69) is 4.98 Å². The van der Waals surface area contributed by atoms with Crippen LogP contribution in [-0.2, 0) is 11.2 Å². The summed E-state index contributed by atoms with van der Waals surface area (Å²) in [6, 6.07) is 0. The largest absolute Gasteiger partial charge is 0.495 e. The summed E-state index contributed by atoms with van der Waals surface area (Å²) in [5.74, 6) is 0.717. The third-order valence-corrected chi connectivity index (χ3v) is 3.31. The number of aliphatic hydroxyl groups is 1. The highest BCUT2D eigenvalue weighted by atomic mass is 32.1. The number of aromatic nitrogens is 1. The first-order chi connectivity index (χ1) is 7.25. The molecule has 1 atom stereocenters. The molecule has 1 unspecified atom stereocenters. The molecule has 3 nitrogen and oxygen atoms in total. The second kappa shape index (κ2) is 4.77. The SMILES string of the molecule is Cc1csc(CC(O)C2=CCCCO2)n1. The Morgan fingerprint density at radius 2 is 2.53 bits per heavy atom. The van der Waals surface area contributed by atoms with Gasteiger partial charge in [-0.1, -0.05) is 0 Å². The van der Waals surface area contributed by atoms with Gasteiger partial charge in [-0.15, -0.1) is 11.3 Å². The van der Waals surface area contributed by atoms with Crippen molar-refractivity contribution in [2.24, 2.45) is 0 Å². The van der Waals surface area contributed by atoms with Crippen molar-refractivity contribution in [1.29, 1.82) is 0 Å². The Balaban J connectivity index is 1.96. The predicted molar refractivity (Wildman–Crippen MR) is 59.8 cm³/mol. The van der Waals surface area contributed by atoms with Crippen molar-refractivity contribution in [2.75, 3.05) is 6.61 Å². The Kier molecular flexibility index (Phi) is 3.38. The van der Waals surface area contributed by atoms with Crippen LogP contribution in [0.3, 0.4) is 0 Å². The number of thiazole rings is 1. The van der Waals surface area contributed by atoms with Crippen molar-refractivity contribution >= 4 is 11.3 Å². The van der Waals surface area contributed by atoms with E-state index >= 15 is 0 Å². The molecule has 2 heterocycles. The molecule has 0 radical (unpaired) electrons. The van der Waals surface area contributed by atoms with Crippen LogP contribution in [0.2, 0.25) is 0 Å². The van der Waals surface area contributed by atoms with E-state index in [1.165, 1.54) is 0 Å². The molecule has 1 aromatic rings. The maximum atomic E-state index is 9.91. The van der Waals surface area contributed by atoms with Crippen LogP contribution in [0.4, 0.5) is 0 Å². The minimum Gasteiger partial charge on any atom is -0.495 e. The summed E-state index contributed by atoms with van der Waals surface area (Å²) in [5.41, 5.74) is 1.01. The summed E-state index contributed by atoms with van der Waals surface area (Å²) < 4.78 is 5.41.